The van der Waals surface area contributed by atoms with Crippen LogP contribution in [0.25, 0.3) is 0 Å². The van der Waals surface area contributed by atoms with Crippen molar-refractivity contribution in [3.63, 3.8) is 0 Å². The highest BCUT2D eigenvalue weighted by atomic mass is 16.6. The molecule has 0 radical (unpaired) electrons. The Morgan fingerprint density at radius 3 is 2.33 bits per heavy atom. The zero-order chi connectivity index (χ0) is 17.7. The maximum Gasteiger partial charge on any atom is 0.337 e. The van der Waals surface area contributed by atoms with Crippen LogP contribution in [0.3, 0.4) is 0 Å². The van der Waals surface area contributed by atoms with E-state index in [1.807, 2.05) is 0 Å². The normalized spacial score (nSPS) is 10.0. The number of non-ortho nitro benzene ring substituents is 1. The third-order valence-electron chi connectivity index (χ3n) is 3.26. The first kappa shape index (κ1) is 16.9. The number of hydrogen-bond acceptors (Lipinski definition) is 6. The highest BCUT2D eigenvalue weighted by Gasteiger charge is 2.11. The number of rotatable bonds is 5. The van der Waals surface area contributed by atoms with Gasteiger partial charge in [-0.25, -0.2) is 4.79 Å². The molecule has 0 aliphatic rings. The first-order valence-electron chi connectivity index (χ1n) is 6.83. The molecule has 2 rings (SSSR count). The van der Waals surface area contributed by atoms with E-state index < -0.39 is 22.5 Å². The third-order valence-corrected chi connectivity index (χ3v) is 3.26. The quantitative estimate of drug-likeness (QED) is 0.502. The SMILES string of the molecule is COC(=O)c1ccc(C(=O)NCc2cc([N+](=O)[O-])ccc2[O-])cc1. The van der Waals surface area contributed by atoms with Gasteiger partial charge in [-0.05, 0) is 29.8 Å². The van der Waals surface area contributed by atoms with Gasteiger partial charge in [0.05, 0.1) is 17.6 Å². The summed E-state index contributed by atoms with van der Waals surface area (Å²) in [5.74, 6) is -1.39. The van der Waals surface area contributed by atoms with Crippen molar-refractivity contribution in [2.24, 2.45) is 0 Å². The molecule has 0 saturated carbocycles. The standard InChI is InChI=1S/C16H14N2O6/c1-24-16(21)11-4-2-10(3-5-11)15(20)17-9-12-8-13(18(22)23)6-7-14(12)19/h2-8,19H,9H2,1H3,(H,17,20)/p-1. The molecule has 2 aromatic rings. The number of ether oxygens (including phenoxy) is 1. The Labute approximate surface area is 136 Å². The molecule has 0 unspecified atom stereocenters. The van der Waals surface area contributed by atoms with Crippen LogP contribution in [0.5, 0.6) is 5.75 Å². The van der Waals surface area contributed by atoms with Gasteiger partial charge in [-0.1, -0.05) is 6.07 Å². The number of hydrogen-bond donors (Lipinski definition) is 1. The minimum atomic E-state index is -0.615. The number of esters is 1. The fourth-order valence-corrected chi connectivity index (χ4v) is 1.97. The van der Waals surface area contributed by atoms with Gasteiger partial charge in [0.15, 0.2) is 0 Å². The summed E-state index contributed by atoms with van der Waals surface area (Å²) in [5.41, 5.74) is 0.472. The van der Waals surface area contributed by atoms with E-state index >= 15 is 0 Å². The smallest absolute Gasteiger partial charge is 0.337 e. The molecule has 24 heavy (non-hydrogen) atoms. The molecule has 0 aliphatic heterocycles. The molecule has 0 bridgehead atoms. The van der Waals surface area contributed by atoms with Crippen LogP contribution in [-0.2, 0) is 11.3 Å². The van der Waals surface area contributed by atoms with E-state index in [1.54, 1.807) is 0 Å². The predicted molar refractivity (Wildman–Crippen MR) is 81.5 cm³/mol. The van der Waals surface area contributed by atoms with Gasteiger partial charge >= 0.3 is 5.97 Å². The first-order valence-corrected chi connectivity index (χ1v) is 6.83. The lowest BCUT2D eigenvalue weighted by molar-refractivity contribution is -0.385. The summed E-state index contributed by atoms with van der Waals surface area (Å²) in [6.07, 6.45) is 0. The molecular formula is C16H13N2O6-. The molecule has 0 spiro atoms. The molecule has 2 aromatic carbocycles. The molecule has 1 amide bonds. The fraction of sp³-hybridized carbons (Fsp3) is 0.125. The summed E-state index contributed by atoms with van der Waals surface area (Å²) >= 11 is 0. The van der Waals surface area contributed by atoms with E-state index in [1.165, 1.54) is 31.4 Å². The summed E-state index contributed by atoms with van der Waals surface area (Å²) in [6, 6.07) is 9.08. The van der Waals surface area contributed by atoms with E-state index in [-0.39, 0.29) is 23.4 Å². The van der Waals surface area contributed by atoms with Gasteiger partial charge in [0.25, 0.3) is 11.6 Å². The van der Waals surface area contributed by atoms with Crippen LogP contribution in [0.2, 0.25) is 0 Å². The van der Waals surface area contributed by atoms with Gasteiger partial charge in [0, 0.05) is 24.2 Å². The van der Waals surface area contributed by atoms with E-state index in [9.17, 15) is 24.8 Å². The van der Waals surface area contributed by atoms with Crippen LogP contribution >= 0.6 is 0 Å². The van der Waals surface area contributed by atoms with E-state index in [4.69, 9.17) is 0 Å². The molecule has 0 aliphatic carbocycles. The molecule has 0 atom stereocenters. The minimum Gasteiger partial charge on any atom is -0.872 e. The average molecular weight is 329 g/mol. The van der Waals surface area contributed by atoms with E-state index in [0.717, 1.165) is 18.2 Å². The molecule has 0 heterocycles. The van der Waals surface area contributed by atoms with Crippen molar-refractivity contribution in [1.29, 1.82) is 0 Å². The monoisotopic (exact) mass is 329 g/mol. The zero-order valence-corrected chi connectivity index (χ0v) is 12.6. The fourth-order valence-electron chi connectivity index (χ4n) is 1.97. The van der Waals surface area contributed by atoms with Crippen molar-refractivity contribution in [3.8, 4) is 5.75 Å². The number of amides is 1. The van der Waals surface area contributed by atoms with Crippen molar-refractivity contribution in [1.82, 2.24) is 5.32 Å². The molecule has 0 aromatic heterocycles. The minimum absolute atomic E-state index is 0.115. The second-order valence-electron chi connectivity index (χ2n) is 4.80. The van der Waals surface area contributed by atoms with Crippen molar-refractivity contribution in [2.75, 3.05) is 7.11 Å². The Morgan fingerprint density at radius 2 is 1.75 bits per heavy atom. The molecule has 8 heteroatoms. The topological polar surface area (TPSA) is 122 Å². The van der Waals surface area contributed by atoms with Crippen LogP contribution in [0.4, 0.5) is 5.69 Å². The lowest BCUT2D eigenvalue weighted by Gasteiger charge is -2.13. The molecule has 124 valence electrons. The van der Waals surface area contributed by atoms with Gasteiger partial charge in [0.1, 0.15) is 0 Å². The van der Waals surface area contributed by atoms with Crippen LogP contribution in [0.1, 0.15) is 26.3 Å². The number of nitrogens with zero attached hydrogens (tertiary/aromatic N) is 1. The van der Waals surface area contributed by atoms with Gasteiger partial charge < -0.3 is 15.2 Å². The first-order chi connectivity index (χ1) is 11.4. The second-order valence-corrected chi connectivity index (χ2v) is 4.80. The lowest BCUT2D eigenvalue weighted by atomic mass is 10.1. The average Bonchev–Trinajstić information content (AvgIpc) is 2.60. The highest BCUT2D eigenvalue weighted by Crippen LogP contribution is 2.20. The van der Waals surface area contributed by atoms with E-state index in [0.29, 0.717) is 5.56 Å². The Bertz CT molecular complexity index is 786. The van der Waals surface area contributed by atoms with Gasteiger partial charge in [-0.3, -0.25) is 14.9 Å². The zero-order valence-electron chi connectivity index (χ0n) is 12.6. The molecular weight excluding hydrogens is 316 g/mol. The largest absolute Gasteiger partial charge is 0.872 e. The number of carbonyl (C=O) groups excluding carboxylic acids is 2. The lowest BCUT2D eigenvalue weighted by Crippen LogP contribution is -2.23. The van der Waals surface area contributed by atoms with Crippen LogP contribution in [0, 0.1) is 10.1 Å². The molecule has 8 nitrogen and oxygen atoms in total. The van der Waals surface area contributed by atoms with Gasteiger partial charge in [-0.2, -0.15) is 0 Å². The maximum absolute atomic E-state index is 12.0. The number of carbonyl (C=O) groups is 2. The Hall–Kier alpha value is -3.42. The Balaban J connectivity index is 2.07. The molecule has 0 saturated heterocycles. The van der Waals surface area contributed by atoms with E-state index in [2.05, 4.69) is 10.1 Å². The summed E-state index contributed by atoms with van der Waals surface area (Å²) in [6.45, 7) is -0.141. The number of nitro groups is 1. The van der Waals surface area contributed by atoms with Crippen molar-refractivity contribution in [2.45, 2.75) is 6.54 Å². The summed E-state index contributed by atoms with van der Waals surface area (Å²) in [5, 5.41) is 24.9. The van der Waals surface area contributed by atoms with Crippen LogP contribution in [-0.4, -0.2) is 23.9 Å². The van der Waals surface area contributed by atoms with Gasteiger partial charge in [0.2, 0.25) is 0 Å². The second kappa shape index (κ2) is 7.23. The van der Waals surface area contributed by atoms with Crippen molar-refractivity contribution >= 4 is 17.6 Å². The van der Waals surface area contributed by atoms with Gasteiger partial charge in [-0.15, -0.1) is 5.75 Å². The molecule has 1 N–H and O–H groups in total. The number of methoxy groups -OCH3 is 1. The Kier molecular flexibility index (Phi) is 5.10. The van der Waals surface area contributed by atoms with Crippen LogP contribution < -0.4 is 10.4 Å². The van der Waals surface area contributed by atoms with Crippen molar-refractivity contribution < 1.29 is 24.4 Å². The number of nitro benzene ring substituents is 1. The number of benzene rings is 2. The van der Waals surface area contributed by atoms with Crippen LogP contribution in [0.15, 0.2) is 42.5 Å². The highest BCUT2D eigenvalue weighted by molar-refractivity contribution is 5.96. The Morgan fingerprint density at radius 1 is 1.12 bits per heavy atom. The van der Waals surface area contributed by atoms with Crippen molar-refractivity contribution in [3.05, 3.63) is 69.3 Å². The summed E-state index contributed by atoms with van der Waals surface area (Å²) < 4.78 is 4.56. The maximum atomic E-state index is 12.0. The molecule has 0 fully saturated rings. The third kappa shape index (κ3) is 3.86. The predicted octanol–water partition coefficient (Wildman–Crippen LogP) is 1.38. The number of nitrogens with one attached hydrogen (secondary N) is 1. The summed E-state index contributed by atoms with van der Waals surface area (Å²) in [4.78, 5) is 33.5. The summed E-state index contributed by atoms with van der Waals surface area (Å²) in [7, 11) is 1.25.